The molecule has 94 valence electrons. The van der Waals surface area contributed by atoms with Crippen LogP contribution in [-0.2, 0) is 4.74 Å². The van der Waals surface area contributed by atoms with E-state index in [2.05, 4.69) is 20.9 Å². The number of carbonyl (C=O) groups is 1. The Labute approximate surface area is 110 Å². The summed E-state index contributed by atoms with van der Waals surface area (Å²) in [6.07, 6.45) is 2.68. The quantitative estimate of drug-likeness (QED) is 0.492. The second kappa shape index (κ2) is 4.73. The summed E-state index contributed by atoms with van der Waals surface area (Å²) in [7, 11) is 0. The maximum absolute atomic E-state index is 11.5. The Hall–Kier alpha value is -1.96. The van der Waals surface area contributed by atoms with Gasteiger partial charge in [-0.1, -0.05) is 0 Å². The zero-order valence-electron chi connectivity index (χ0n) is 9.29. The van der Waals surface area contributed by atoms with Gasteiger partial charge in [-0.2, -0.15) is 0 Å². The highest BCUT2D eigenvalue weighted by Crippen LogP contribution is 2.23. The maximum Gasteiger partial charge on any atom is 0.358 e. The highest BCUT2D eigenvalue weighted by Gasteiger charge is 2.16. The molecule has 2 heterocycles. The van der Waals surface area contributed by atoms with Crippen LogP contribution in [0.2, 0.25) is 0 Å². The number of carbonyl (C=O) groups excluding carboxylic acids is 1. The van der Waals surface area contributed by atoms with Gasteiger partial charge in [-0.15, -0.1) is 0 Å². The third-order valence-corrected chi connectivity index (χ3v) is 2.77. The van der Waals surface area contributed by atoms with E-state index in [9.17, 15) is 14.9 Å². The van der Waals surface area contributed by atoms with Crippen molar-refractivity contribution < 1.29 is 14.5 Å². The minimum Gasteiger partial charge on any atom is -0.461 e. The molecule has 0 N–H and O–H groups in total. The fraction of sp³-hybridized carbons (Fsp3) is 0.200. The van der Waals surface area contributed by atoms with Crippen molar-refractivity contribution in [3.63, 3.8) is 0 Å². The molecular formula is C10H8BrN3O4. The number of hydrogen-bond acceptors (Lipinski definition) is 5. The molecule has 0 fully saturated rings. The first kappa shape index (κ1) is 12.5. The number of ether oxygens (including phenoxy) is 1. The van der Waals surface area contributed by atoms with Crippen molar-refractivity contribution in [2.24, 2.45) is 0 Å². The number of halogens is 1. The molecule has 0 unspecified atom stereocenters. The third-order valence-electron chi connectivity index (χ3n) is 2.19. The van der Waals surface area contributed by atoms with E-state index in [1.807, 2.05) is 0 Å². The molecule has 0 aliphatic heterocycles. The molecule has 0 aliphatic carbocycles. The topological polar surface area (TPSA) is 86.7 Å². The molecule has 2 aromatic rings. The second-order valence-electron chi connectivity index (χ2n) is 3.38. The van der Waals surface area contributed by atoms with E-state index in [1.165, 1.54) is 22.9 Å². The van der Waals surface area contributed by atoms with Crippen LogP contribution in [0.1, 0.15) is 17.4 Å². The molecule has 7 nitrogen and oxygen atoms in total. The van der Waals surface area contributed by atoms with Crippen molar-refractivity contribution in [1.82, 2.24) is 9.38 Å². The van der Waals surface area contributed by atoms with Crippen molar-refractivity contribution in [3.05, 3.63) is 38.7 Å². The highest BCUT2D eigenvalue weighted by molar-refractivity contribution is 9.10. The van der Waals surface area contributed by atoms with Gasteiger partial charge in [0.1, 0.15) is 0 Å². The van der Waals surface area contributed by atoms with Gasteiger partial charge in [-0.3, -0.25) is 14.5 Å². The fourth-order valence-corrected chi connectivity index (χ4v) is 1.97. The van der Waals surface area contributed by atoms with Crippen LogP contribution in [0.3, 0.4) is 0 Å². The van der Waals surface area contributed by atoms with Gasteiger partial charge in [0.05, 0.1) is 22.2 Å². The summed E-state index contributed by atoms with van der Waals surface area (Å²) in [6, 6.07) is 1.33. The second-order valence-corrected chi connectivity index (χ2v) is 4.24. The van der Waals surface area contributed by atoms with Crippen molar-refractivity contribution in [2.75, 3.05) is 6.61 Å². The van der Waals surface area contributed by atoms with Crippen LogP contribution in [0, 0.1) is 10.1 Å². The minimum absolute atomic E-state index is 0.0952. The number of rotatable bonds is 3. The number of pyridine rings is 1. The lowest BCUT2D eigenvalue weighted by atomic mass is 10.4. The van der Waals surface area contributed by atoms with Crippen molar-refractivity contribution in [3.8, 4) is 0 Å². The molecule has 8 heteroatoms. The molecule has 0 saturated heterocycles. The summed E-state index contributed by atoms with van der Waals surface area (Å²) >= 11 is 3.18. The average molecular weight is 314 g/mol. The van der Waals surface area contributed by atoms with Crippen LogP contribution in [0.15, 0.2) is 22.9 Å². The smallest absolute Gasteiger partial charge is 0.358 e. The number of nitrogens with zero attached hydrogens (tertiary/aromatic N) is 3. The summed E-state index contributed by atoms with van der Waals surface area (Å²) in [6.45, 7) is 1.93. The van der Waals surface area contributed by atoms with Gasteiger partial charge in [0.15, 0.2) is 11.3 Å². The Kier molecular flexibility index (Phi) is 3.28. The number of hydrogen-bond donors (Lipinski definition) is 0. The molecule has 0 saturated carbocycles. The van der Waals surface area contributed by atoms with Gasteiger partial charge < -0.3 is 4.74 Å². The third kappa shape index (κ3) is 2.19. The van der Waals surface area contributed by atoms with Gasteiger partial charge in [-0.25, -0.2) is 9.78 Å². The summed E-state index contributed by atoms with van der Waals surface area (Å²) in [5, 5.41) is 10.7. The first-order chi connectivity index (χ1) is 8.52. The van der Waals surface area contributed by atoms with Crippen LogP contribution in [0.25, 0.3) is 5.65 Å². The summed E-state index contributed by atoms with van der Waals surface area (Å²) in [5.41, 5.74) is 0.434. The lowest BCUT2D eigenvalue weighted by molar-refractivity contribution is -0.385. The zero-order valence-corrected chi connectivity index (χ0v) is 10.9. The minimum atomic E-state index is -0.559. The monoisotopic (exact) mass is 313 g/mol. The highest BCUT2D eigenvalue weighted by atomic mass is 79.9. The summed E-state index contributed by atoms with van der Waals surface area (Å²) in [5.74, 6) is -0.559. The molecule has 0 spiro atoms. The normalized spacial score (nSPS) is 10.6. The first-order valence-corrected chi connectivity index (χ1v) is 5.82. The Morgan fingerprint density at radius 3 is 2.94 bits per heavy atom. The molecule has 2 aromatic heterocycles. The van der Waals surface area contributed by atoms with Crippen LogP contribution in [0.4, 0.5) is 5.69 Å². The van der Waals surface area contributed by atoms with Gasteiger partial charge >= 0.3 is 5.97 Å². The lowest BCUT2D eigenvalue weighted by Gasteiger charge is -1.96. The zero-order chi connectivity index (χ0) is 13.3. The molecule has 18 heavy (non-hydrogen) atoms. The van der Waals surface area contributed by atoms with E-state index in [4.69, 9.17) is 4.74 Å². The molecule has 0 amide bonds. The molecule has 0 atom stereocenters. The maximum atomic E-state index is 11.5. The van der Waals surface area contributed by atoms with Crippen molar-refractivity contribution in [1.29, 1.82) is 0 Å². The Morgan fingerprint density at radius 2 is 2.33 bits per heavy atom. The number of aromatic nitrogens is 2. The van der Waals surface area contributed by atoms with Gasteiger partial charge in [0.2, 0.25) is 0 Å². The largest absolute Gasteiger partial charge is 0.461 e. The number of esters is 1. The van der Waals surface area contributed by atoms with Gasteiger partial charge in [0.25, 0.3) is 5.69 Å². The van der Waals surface area contributed by atoms with E-state index >= 15 is 0 Å². The lowest BCUT2D eigenvalue weighted by Crippen LogP contribution is -2.04. The van der Waals surface area contributed by atoms with Gasteiger partial charge in [-0.05, 0) is 22.9 Å². The molecule has 2 rings (SSSR count). The summed E-state index contributed by atoms with van der Waals surface area (Å²) in [4.78, 5) is 25.7. The Balaban J connectivity index is 2.54. The van der Waals surface area contributed by atoms with E-state index in [1.54, 1.807) is 6.92 Å². The summed E-state index contributed by atoms with van der Waals surface area (Å²) < 4.78 is 6.66. The molecular weight excluding hydrogens is 306 g/mol. The van der Waals surface area contributed by atoms with Crippen LogP contribution in [-0.4, -0.2) is 26.9 Å². The Morgan fingerprint density at radius 1 is 1.61 bits per heavy atom. The molecule has 0 aromatic carbocycles. The van der Waals surface area contributed by atoms with Crippen LogP contribution < -0.4 is 0 Å². The standard InChI is InChI=1S/C10H8BrN3O4/c1-2-18-10(15)8-5-13-4-6(14(16)17)3-7(11)9(13)12-8/h3-5H,2H2,1H3. The first-order valence-electron chi connectivity index (χ1n) is 5.02. The molecule has 0 radical (unpaired) electrons. The average Bonchev–Trinajstić information content (AvgIpc) is 2.73. The van der Waals surface area contributed by atoms with Crippen LogP contribution in [0.5, 0.6) is 0 Å². The van der Waals surface area contributed by atoms with Crippen molar-refractivity contribution in [2.45, 2.75) is 6.92 Å². The fourth-order valence-electron chi connectivity index (χ4n) is 1.45. The predicted molar refractivity (Wildman–Crippen MR) is 65.5 cm³/mol. The number of imidazole rings is 1. The Bertz CT molecular complexity index is 637. The number of nitro groups is 1. The van der Waals surface area contributed by atoms with E-state index in [0.717, 1.165) is 0 Å². The SMILES string of the molecule is CCOC(=O)c1cn2cc([N+](=O)[O-])cc(Br)c2n1. The predicted octanol–water partition coefficient (Wildman–Crippen LogP) is 2.18. The van der Waals surface area contributed by atoms with E-state index in [-0.39, 0.29) is 18.0 Å². The molecule has 0 bridgehead atoms. The number of fused-ring (bicyclic) bond motifs is 1. The van der Waals surface area contributed by atoms with E-state index in [0.29, 0.717) is 10.1 Å². The van der Waals surface area contributed by atoms with Gasteiger partial charge in [0, 0.05) is 12.3 Å². The molecule has 0 aliphatic rings. The van der Waals surface area contributed by atoms with E-state index < -0.39 is 10.9 Å². The van der Waals surface area contributed by atoms with Crippen molar-refractivity contribution >= 4 is 33.2 Å². The van der Waals surface area contributed by atoms with Crippen LogP contribution >= 0.6 is 15.9 Å².